The summed E-state index contributed by atoms with van der Waals surface area (Å²) < 4.78 is 0. The van der Waals surface area contributed by atoms with E-state index in [-0.39, 0.29) is 11.7 Å². The average Bonchev–Trinajstić information content (AvgIpc) is 1.88. The molecule has 2 heteroatoms. The fraction of sp³-hybridized carbons (Fsp3) is 0.625. The fourth-order valence-electron chi connectivity index (χ4n) is 1.22. The molecule has 2 nitrogen and oxygen atoms in total. The molecule has 0 heterocycles. The van der Waals surface area contributed by atoms with Gasteiger partial charge < -0.3 is 5.11 Å². The summed E-state index contributed by atoms with van der Waals surface area (Å²) in [4.78, 5) is 10.8. The predicted octanol–water partition coefficient (Wildman–Crippen LogP) is 0.902. The van der Waals surface area contributed by atoms with Crippen LogP contribution in [0.5, 0.6) is 0 Å². The van der Waals surface area contributed by atoms with Crippen LogP contribution in [0.1, 0.15) is 19.8 Å². The van der Waals surface area contributed by atoms with Crippen molar-refractivity contribution < 1.29 is 9.90 Å². The van der Waals surface area contributed by atoms with Crippen molar-refractivity contribution >= 4 is 5.78 Å². The molecule has 0 radical (unpaired) electrons. The van der Waals surface area contributed by atoms with Gasteiger partial charge in [-0.2, -0.15) is 0 Å². The second kappa shape index (κ2) is 2.97. The van der Waals surface area contributed by atoms with Crippen molar-refractivity contribution in [3.8, 4) is 0 Å². The number of Topliss-reactive ketones (excluding diaryl/α,β-unsaturated/α-hetero) is 1. The summed E-state index contributed by atoms with van der Waals surface area (Å²) in [5.74, 6) is -0.183. The normalized spacial score (nSPS) is 32.2. The molecule has 0 aromatic rings. The Kier molecular flexibility index (Phi) is 2.22. The first-order valence-electron chi connectivity index (χ1n) is 3.57. The van der Waals surface area contributed by atoms with Crippen LogP contribution in [-0.2, 0) is 4.79 Å². The molecule has 0 spiro atoms. The lowest BCUT2D eigenvalue weighted by molar-refractivity contribution is -0.122. The smallest absolute Gasteiger partial charge is 0.139 e. The summed E-state index contributed by atoms with van der Waals surface area (Å²) in [6, 6.07) is 0. The van der Waals surface area contributed by atoms with Crippen LogP contribution >= 0.6 is 0 Å². The van der Waals surface area contributed by atoms with E-state index in [4.69, 9.17) is 0 Å². The molecular formula is C8H12O2. The largest absolute Gasteiger partial charge is 0.392 e. The van der Waals surface area contributed by atoms with Gasteiger partial charge in [0.1, 0.15) is 5.78 Å². The molecular weight excluding hydrogens is 128 g/mol. The van der Waals surface area contributed by atoms with Gasteiger partial charge in [-0.3, -0.25) is 4.79 Å². The second-order valence-electron chi connectivity index (χ2n) is 2.71. The molecule has 0 bridgehead atoms. The van der Waals surface area contributed by atoms with E-state index in [1.165, 1.54) is 6.92 Å². The van der Waals surface area contributed by atoms with Crippen LogP contribution in [0.15, 0.2) is 12.2 Å². The summed E-state index contributed by atoms with van der Waals surface area (Å²) in [7, 11) is 0. The van der Waals surface area contributed by atoms with Crippen LogP contribution in [0.2, 0.25) is 0 Å². The highest BCUT2D eigenvalue weighted by molar-refractivity contribution is 5.80. The SMILES string of the molecule is CC(=O)[C@H]1C=CCC[C@H]1O. The summed E-state index contributed by atoms with van der Waals surface area (Å²) in [6.45, 7) is 1.52. The maximum atomic E-state index is 10.8. The molecule has 2 atom stereocenters. The van der Waals surface area contributed by atoms with Crippen molar-refractivity contribution in [1.82, 2.24) is 0 Å². The Bertz CT molecular complexity index is 161. The highest BCUT2D eigenvalue weighted by Crippen LogP contribution is 2.18. The van der Waals surface area contributed by atoms with E-state index in [9.17, 15) is 9.90 Å². The number of aliphatic hydroxyl groups excluding tert-OH is 1. The monoisotopic (exact) mass is 140 g/mol. The lowest BCUT2D eigenvalue weighted by atomic mass is 9.90. The Balaban J connectivity index is 2.64. The number of hydrogen-bond acceptors (Lipinski definition) is 2. The molecule has 0 aromatic heterocycles. The first-order valence-corrected chi connectivity index (χ1v) is 3.57. The van der Waals surface area contributed by atoms with Crippen LogP contribution in [0, 0.1) is 5.92 Å². The van der Waals surface area contributed by atoms with Crippen molar-refractivity contribution in [3.63, 3.8) is 0 Å². The molecule has 10 heavy (non-hydrogen) atoms. The van der Waals surface area contributed by atoms with Crippen molar-refractivity contribution in [2.24, 2.45) is 5.92 Å². The topological polar surface area (TPSA) is 37.3 Å². The summed E-state index contributed by atoms with van der Waals surface area (Å²) >= 11 is 0. The van der Waals surface area contributed by atoms with Gasteiger partial charge in [0.2, 0.25) is 0 Å². The Morgan fingerprint density at radius 2 is 2.40 bits per heavy atom. The molecule has 0 saturated carbocycles. The van der Waals surface area contributed by atoms with E-state index in [0.29, 0.717) is 0 Å². The van der Waals surface area contributed by atoms with Gasteiger partial charge in [0.25, 0.3) is 0 Å². The molecule has 1 N–H and O–H groups in total. The zero-order valence-corrected chi connectivity index (χ0v) is 6.08. The van der Waals surface area contributed by atoms with E-state index in [1.807, 2.05) is 6.08 Å². The van der Waals surface area contributed by atoms with E-state index in [0.717, 1.165) is 12.8 Å². The number of ketones is 1. The Morgan fingerprint density at radius 1 is 1.70 bits per heavy atom. The first kappa shape index (κ1) is 7.48. The van der Waals surface area contributed by atoms with Gasteiger partial charge in [-0.1, -0.05) is 12.2 Å². The van der Waals surface area contributed by atoms with E-state index < -0.39 is 6.10 Å². The van der Waals surface area contributed by atoms with E-state index >= 15 is 0 Å². The van der Waals surface area contributed by atoms with Crippen LogP contribution in [0.4, 0.5) is 0 Å². The zero-order valence-electron chi connectivity index (χ0n) is 6.08. The number of carbonyl (C=O) groups excluding carboxylic acids is 1. The highest BCUT2D eigenvalue weighted by Gasteiger charge is 2.22. The van der Waals surface area contributed by atoms with Gasteiger partial charge in [-0.25, -0.2) is 0 Å². The molecule has 0 unspecified atom stereocenters. The third-order valence-corrected chi connectivity index (χ3v) is 1.86. The molecule has 56 valence electrons. The minimum absolute atomic E-state index is 0.0588. The van der Waals surface area contributed by atoms with Crippen molar-refractivity contribution in [3.05, 3.63) is 12.2 Å². The van der Waals surface area contributed by atoms with Crippen molar-refractivity contribution in [2.75, 3.05) is 0 Å². The van der Waals surface area contributed by atoms with Gasteiger partial charge in [-0.05, 0) is 19.8 Å². The molecule has 0 saturated heterocycles. The molecule has 0 fully saturated rings. The van der Waals surface area contributed by atoms with Gasteiger partial charge >= 0.3 is 0 Å². The Labute approximate surface area is 60.6 Å². The fourth-order valence-corrected chi connectivity index (χ4v) is 1.22. The van der Waals surface area contributed by atoms with Gasteiger partial charge in [0.05, 0.1) is 12.0 Å². The molecule has 1 aliphatic rings. The second-order valence-corrected chi connectivity index (χ2v) is 2.71. The average molecular weight is 140 g/mol. The highest BCUT2D eigenvalue weighted by atomic mass is 16.3. The molecule has 1 aliphatic carbocycles. The quantitative estimate of drug-likeness (QED) is 0.549. The van der Waals surface area contributed by atoms with Gasteiger partial charge in [0.15, 0.2) is 0 Å². The Morgan fingerprint density at radius 3 is 2.80 bits per heavy atom. The van der Waals surface area contributed by atoms with Crippen LogP contribution < -0.4 is 0 Å². The molecule has 0 amide bonds. The number of rotatable bonds is 1. The number of allylic oxidation sites excluding steroid dienone is 1. The van der Waals surface area contributed by atoms with E-state index in [1.54, 1.807) is 6.08 Å². The lowest BCUT2D eigenvalue weighted by Gasteiger charge is -2.19. The van der Waals surface area contributed by atoms with E-state index in [2.05, 4.69) is 0 Å². The third kappa shape index (κ3) is 1.45. The molecule has 0 aliphatic heterocycles. The predicted molar refractivity (Wildman–Crippen MR) is 38.6 cm³/mol. The van der Waals surface area contributed by atoms with Gasteiger partial charge in [0, 0.05) is 0 Å². The first-order chi connectivity index (χ1) is 4.72. The maximum Gasteiger partial charge on any atom is 0.139 e. The summed E-state index contributed by atoms with van der Waals surface area (Å²) in [5.41, 5.74) is 0. The minimum Gasteiger partial charge on any atom is -0.392 e. The Hall–Kier alpha value is -0.630. The van der Waals surface area contributed by atoms with Crippen molar-refractivity contribution in [1.29, 1.82) is 0 Å². The number of carbonyl (C=O) groups is 1. The minimum atomic E-state index is -0.442. The standard InChI is InChI=1S/C8H12O2/c1-6(9)7-4-2-3-5-8(7)10/h2,4,7-8,10H,3,5H2,1H3/t7-,8-/m1/s1. The molecule has 0 aromatic carbocycles. The maximum absolute atomic E-state index is 10.8. The summed E-state index contributed by atoms with van der Waals surface area (Å²) in [5, 5.41) is 9.27. The van der Waals surface area contributed by atoms with Crippen LogP contribution in [0.3, 0.4) is 0 Å². The summed E-state index contributed by atoms with van der Waals surface area (Å²) in [6.07, 6.45) is 4.93. The van der Waals surface area contributed by atoms with Gasteiger partial charge in [-0.15, -0.1) is 0 Å². The zero-order chi connectivity index (χ0) is 7.56. The number of hydrogen-bond donors (Lipinski definition) is 1. The molecule has 1 rings (SSSR count). The third-order valence-electron chi connectivity index (χ3n) is 1.86. The number of aliphatic hydroxyl groups is 1. The lowest BCUT2D eigenvalue weighted by Crippen LogP contribution is -2.26. The van der Waals surface area contributed by atoms with Crippen LogP contribution in [0.25, 0.3) is 0 Å². The van der Waals surface area contributed by atoms with Crippen LogP contribution in [-0.4, -0.2) is 17.0 Å². The van der Waals surface area contributed by atoms with Crippen molar-refractivity contribution in [2.45, 2.75) is 25.9 Å².